The second kappa shape index (κ2) is 8.91. The fourth-order valence-electron chi connectivity index (χ4n) is 5.13. The van der Waals surface area contributed by atoms with Crippen LogP contribution in [-0.4, -0.2) is 35.3 Å². The minimum absolute atomic E-state index is 0.171. The van der Waals surface area contributed by atoms with Crippen LogP contribution in [0.1, 0.15) is 52.0 Å². The first-order chi connectivity index (χ1) is 17.8. The molecule has 1 N–H and O–H groups in total. The molecule has 7 nitrogen and oxygen atoms in total. The molecule has 37 heavy (non-hydrogen) atoms. The van der Waals surface area contributed by atoms with Crippen LogP contribution in [0.3, 0.4) is 0 Å². The number of alkyl carbamates (subject to hydrolysis) is 1. The molecule has 7 heteroatoms. The highest BCUT2D eigenvalue weighted by Gasteiger charge is 2.41. The number of benzene rings is 2. The van der Waals surface area contributed by atoms with Gasteiger partial charge in [0.1, 0.15) is 11.3 Å². The van der Waals surface area contributed by atoms with Crippen molar-refractivity contribution < 1.29 is 19.0 Å². The Morgan fingerprint density at radius 1 is 1.05 bits per heavy atom. The highest BCUT2D eigenvalue weighted by Crippen LogP contribution is 2.44. The lowest BCUT2D eigenvalue weighted by Gasteiger charge is -2.43. The van der Waals surface area contributed by atoms with Crippen LogP contribution in [0.25, 0.3) is 22.4 Å². The molecule has 3 aliphatic rings. The van der Waals surface area contributed by atoms with Gasteiger partial charge in [-0.3, -0.25) is 0 Å². The largest absolute Gasteiger partial charge is 0.478 e. The predicted octanol–water partition coefficient (Wildman–Crippen LogP) is 6.53. The zero-order chi connectivity index (χ0) is 25.6. The van der Waals surface area contributed by atoms with Crippen LogP contribution < -0.4 is 10.1 Å². The molecule has 1 amide bonds. The van der Waals surface area contributed by atoms with Crippen molar-refractivity contribution in [2.75, 3.05) is 6.61 Å². The Balaban J connectivity index is 1.36. The number of nitrogens with one attached hydrogen (secondary N) is 1. The molecule has 0 bridgehead atoms. The maximum atomic E-state index is 12.6. The minimum Gasteiger partial charge on any atom is -0.478 e. The van der Waals surface area contributed by atoms with Crippen molar-refractivity contribution in [3.8, 4) is 28.3 Å². The zero-order valence-corrected chi connectivity index (χ0v) is 21.4. The van der Waals surface area contributed by atoms with E-state index in [9.17, 15) is 4.79 Å². The molecular weight excluding hydrogens is 466 g/mol. The molecular formula is C30H31N3O4. The Morgan fingerprint density at radius 2 is 1.81 bits per heavy atom. The summed E-state index contributed by atoms with van der Waals surface area (Å²) in [7, 11) is 0. The van der Waals surface area contributed by atoms with E-state index < -0.39 is 11.1 Å². The Kier molecular flexibility index (Phi) is 5.66. The fraction of sp³-hybridized carbons (Fsp3) is 0.367. The van der Waals surface area contributed by atoms with Gasteiger partial charge in [-0.2, -0.15) is 0 Å². The first-order valence-electron chi connectivity index (χ1n) is 12.9. The van der Waals surface area contributed by atoms with Crippen LogP contribution in [0.5, 0.6) is 5.88 Å². The monoisotopic (exact) mass is 497 g/mol. The zero-order valence-electron chi connectivity index (χ0n) is 21.4. The lowest BCUT2D eigenvalue weighted by Crippen LogP contribution is -2.52. The molecule has 3 aromatic rings. The van der Waals surface area contributed by atoms with Crippen molar-refractivity contribution in [1.82, 2.24) is 10.3 Å². The number of rotatable bonds is 4. The van der Waals surface area contributed by atoms with E-state index in [2.05, 4.69) is 41.7 Å². The van der Waals surface area contributed by atoms with Gasteiger partial charge in [0.05, 0.1) is 17.8 Å². The van der Waals surface area contributed by atoms with Crippen LogP contribution in [0.4, 0.5) is 10.5 Å². The maximum absolute atomic E-state index is 12.6. The molecule has 6 rings (SSSR count). The topological polar surface area (TPSA) is 82.0 Å². The van der Waals surface area contributed by atoms with Crippen LogP contribution in [-0.2, 0) is 15.0 Å². The third kappa shape index (κ3) is 4.54. The Morgan fingerprint density at radius 3 is 2.49 bits per heavy atom. The molecule has 1 saturated heterocycles. The van der Waals surface area contributed by atoms with E-state index in [1.54, 1.807) is 0 Å². The summed E-state index contributed by atoms with van der Waals surface area (Å²) in [4.78, 5) is 22.2. The normalized spacial score (nSPS) is 19.3. The van der Waals surface area contributed by atoms with Gasteiger partial charge in [0.15, 0.2) is 6.10 Å². The molecule has 1 aromatic heterocycles. The molecule has 2 fully saturated rings. The summed E-state index contributed by atoms with van der Waals surface area (Å²) in [5, 5.41) is 3.14. The summed E-state index contributed by atoms with van der Waals surface area (Å²) in [6.45, 7) is 6.23. The van der Waals surface area contributed by atoms with Gasteiger partial charge in [0.25, 0.3) is 0 Å². The number of carbonyl (C=O) groups is 1. The number of hydrogen-bond donors (Lipinski definition) is 1. The summed E-state index contributed by atoms with van der Waals surface area (Å²) in [6, 6.07) is 20.5. The summed E-state index contributed by atoms with van der Waals surface area (Å²) in [5.41, 5.74) is 4.64. The number of aliphatic imine (C=N–C) groups is 1. The van der Waals surface area contributed by atoms with E-state index in [4.69, 9.17) is 24.2 Å². The van der Waals surface area contributed by atoms with Crippen molar-refractivity contribution in [3.05, 3.63) is 66.2 Å². The Labute approximate surface area is 216 Å². The molecule has 3 heterocycles. The van der Waals surface area contributed by atoms with Crippen LogP contribution in [0.15, 0.2) is 65.7 Å². The molecule has 1 aliphatic carbocycles. The van der Waals surface area contributed by atoms with E-state index in [0.29, 0.717) is 24.1 Å². The lowest BCUT2D eigenvalue weighted by molar-refractivity contribution is 0.0377. The van der Waals surface area contributed by atoms with Crippen molar-refractivity contribution in [2.45, 2.75) is 63.7 Å². The van der Waals surface area contributed by atoms with Gasteiger partial charge in [0.2, 0.25) is 11.8 Å². The standard InChI is InChI=1S/C30H31N3O4/c1-29(2,3)37-28(34)33-30(15-7-16-30)21-12-10-20(11-13-21)25-22(19-8-5-4-6-9-19)18-23-26(32-25)36-24-14-17-35-27(24)31-23/h4-6,8-13,18,24H,7,14-17H2,1-3H3,(H,33,34). The smallest absolute Gasteiger partial charge is 0.408 e. The van der Waals surface area contributed by atoms with Gasteiger partial charge in [-0.25, -0.2) is 14.8 Å². The van der Waals surface area contributed by atoms with Crippen molar-refractivity contribution in [1.29, 1.82) is 0 Å². The average molecular weight is 498 g/mol. The van der Waals surface area contributed by atoms with Crippen LogP contribution in [0.2, 0.25) is 0 Å². The van der Waals surface area contributed by atoms with Gasteiger partial charge < -0.3 is 19.5 Å². The van der Waals surface area contributed by atoms with E-state index in [1.165, 1.54) is 0 Å². The second-order valence-electron chi connectivity index (χ2n) is 10.9. The number of pyridine rings is 1. The third-order valence-electron chi connectivity index (χ3n) is 7.10. The second-order valence-corrected chi connectivity index (χ2v) is 10.9. The lowest BCUT2D eigenvalue weighted by atomic mass is 9.71. The third-order valence-corrected chi connectivity index (χ3v) is 7.10. The molecule has 1 unspecified atom stereocenters. The highest BCUT2D eigenvalue weighted by molar-refractivity contribution is 5.90. The fourth-order valence-corrected chi connectivity index (χ4v) is 5.13. The summed E-state index contributed by atoms with van der Waals surface area (Å²) >= 11 is 0. The van der Waals surface area contributed by atoms with Crippen molar-refractivity contribution in [2.24, 2.45) is 4.99 Å². The molecule has 2 aliphatic heterocycles. The number of amides is 1. The average Bonchev–Trinajstić information content (AvgIpc) is 3.31. The number of aromatic nitrogens is 1. The van der Waals surface area contributed by atoms with Crippen LogP contribution in [0, 0.1) is 0 Å². The number of nitrogens with zero attached hydrogens (tertiary/aromatic N) is 2. The Bertz CT molecular complexity index is 1360. The maximum Gasteiger partial charge on any atom is 0.408 e. The van der Waals surface area contributed by atoms with Gasteiger partial charge in [0, 0.05) is 17.5 Å². The number of fused-ring (bicyclic) bond motifs is 2. The predicted molar refractivity (Wildman–Crippen MR) is 142 cm³/mol. The summed E-state index contributed by atoms with van der Waals surface area (Å²) in [5.74, 6) is 1.16. The molecule has 1 saturated carbocycles. The van der Waals surface area contributed by atoms with Crippen molar-refractivity contribution in [3.63, 3.8) is 0 Å². The first kappa shape index (κ1) is 23.5. The first-order valence-corrected chi connectivity index (χ1v) is 12.9. The quantitative estimate of drug-likeness (QED) is 0.443. The van der Waals surface area contributed by atoms with Crippen molar-refractivity contribution >= 4 is 17.7 Å². The van der Waals surface area contributed by atoms with Gasteiger partial charge in [-0.05, 0) is 57.2 Å². The van der Waals surface area contributed by atoms with Gasteiger partial charge in [-0.15, -0.1) is 0 Å². The van der Waals surface area contributed by atoms with E-state index >= 15 is 0 Å². The van der Waals surface area contributed by atoms with Gasteiger partial charge in [-0.1, -0.05) is 54.6 Å². The molecule has 0 radical (unpaired) electrons. The summed E-state index contributed by atoms with van der Waals surface area (Å²) < 4.78 is 17.4. The number of carbonyl (C=O) groups excluding carboxylic acids is 1. The molecule has 2 aromatic carbocycles. The SMILES string of the molecule is CC(C)(C)OC(=O)NC1(c2ccc(-c3nc4c(cc3-c3ccccc3)N=C3OCCC3O4)cc2)CCC1. The Hall–Kier alpha value is -3.87. The minimum atomic E-state index is -0.539. The molecule has 0 spiro atoms. The van der Waals surface area contributed by atoms with Crippen LogP contribution >= 0.6 is 0 Å². The van der Waals surface area contributed by atoms with E-state index in [-0.39, 0.29) is 12.2 Å². The molecule has 190 valence electrons. The van der Waals surface area contributed by atoms with Gasteiger partial charge >= 0.3 is 6.09 Å². The van der Waals surface area contributed by atoms with E-state index in [1.807, 2.05) is 45.0 Å². The molecule has 1 atom stereocenters. The highest BCUT2D eigenvalue weighted by atomic mass is 16.6. The summed E-state index contributed by atoms with van der Waals surface area (Å²) in [6.07, 6.45) is 3.05. The van der Waals surface area contributed by atoms with E-state index in [0.717, 1.165) is 53.6 Å². The number of hydrogen-bond acceptors (Lipinski definition) is 6. The number of ether oxygens (including phenoxy) is 3.